The van der Waals surface area contributed by atoms with Gasteiger partial charge in [0.25, 0.3) is 11.8 Å². The zero-order chi connectivity index (χ0) is 16.5. The van der Waals surface area contributed by atoms with Crippen molar-refractivity contribution in [3.63, 3.8) is 0 Å². The zero-order valence-corrected chi connectivity index (χ0v) is 13.1. The molecule has 0 fully saturated rings. The summed E-state index contributed by atoms with van der Waals surface area (Å²) in [5, 5.41) is 24.9. The van der Waals surface area contributed by atoms with E-state index in [9.17, 15) is 19.8 Å². The van der Waals surface area contributed by atoms with E-state index in [0.717, 1.165) is 31.7 Å². The topological polar surface area (TPSA) is 98.7 Å². The molecule has 0 heterocycles. The molecule has 6 nitrogen and oxygen atoms in total. The van der Waals surface area contributed by atoms with Crippen molar-refractivity contribution >= 4 is 11.8 Å². The Morgan fingerprint density at radius 2 is 1.27 bits per heavy atom. The van der Waals surface area contributed by atoms with Gasteiger partial charge in [-0.15, -0.1) is 0 Å². The summed E-state index contributed by atoms with van der Waals surface area (Å²) in [4.78, 5) is 24.0. The van der Waals surface area contributed by atoms with Crippen LogP contribution < -0.4 is 10.6 Å². The van der Waals surface area contributed by atoms with Crippen LogP contribution in [0.5, 0.6) is 11.5 Å². The van der Waals surface area contributed by atoms with Gasteiger partial charge in [0.15, 0.2) is 0 Å². The van der Waals surface area contributed by atoms with Gasteiger partial charge in [-0.2, -0.15) is 0 Å². The molecule has 0 spiro atoms. The van der Waals surface area contributed by atoms with Gasteiger partial charge in [-0.25, -0.2) is 0 Å². The highest BCUT2D eigenvalue weighted by Crippen LogP contribution is 2.27. The predicted molar refractivity (Wildman–Crippen MR) is 84.3 cm³/mol. The van der Waals surface area contributed by atoms with Crippen molar-refractivity contribution in [1.29, 1.82) is 0 Å². The first-order chi connectivity index (χ1) is 10.5. The second kappa shape index (κ2) is 8.92. The summed E-state index contributed by atoms with van der Waals surface area (Å²) in [6, 6.07) is 2.23. The summed E-state index contributed by atoms with van der Waals surface area (Å²) < 4.78 is 0. The Morgan fingerprint density at radius 1 is 0.864 bits per heavy atom. The molecule has 1 rings (SSSR count). The maximum absolute atomic E-state index is 12.0. The van der Waals surface area contributed by atoms with Crippen molar-refractivity contribution in [2.24, 2.45) is 0 Å². The molecular formula is C16H24N2O4. The van der Waals surface area contributed by atoms with Crippen LogP contribution in [0.2, 0.25) is 0 Å². The number of hydrogen-bond donors (Lipinski definition) is 4. The van der Waals surface area contributed by atoms with Crippen LogP contribution in [0.15, 0.2) is 12.1 Å². The Labute approximate surface area is 130 Å². The van der Waals surface area contributed by atoms with Crippen LogP contribution in [0.1, 0.15) is 60.2 Å². The number of carbonyl (C=O) groups is 2. The zero-order valence-electron chi connectivity index (χ0n) is 13.1. The minimum Gasteiger partial charge on any atom is -0.507 e. The first-order valence-corrected chi connectivity index (χ1v) is 7.63. The average molecular weight is 308 g/mol. The van der Waals surface area contributed by atoms with E-state index in [2.05, 4.69) is 10.6 Å². The number of hydrogen-bond acceptors (Lipinski definition) is 4. The number of aromatic hydroxyl groups is 2. The van der Waals surface area contributed by atoms with Crippen molar-refractivity contribution in [3.05, 3.63) is 23.3 Å². The number of carbonyl (C=O) groups excluding carboxylic acids is 2. The van der Waals surface area contributed by atoms with Crippen LogP contribution in [0, 0.1) is 0 Å². The van der Waals surface area contributed by atoms with E-state index in [1.54, 1.807) is 0 Å². The molecule has 0 radical (unpaired) electrons. The maximum atomic E-state index is 12.0. The van der Waals surface area contributed by atoms with Crippen LogP contribution in [-0.4, -0.2) is 35.1 Å². The fraction of sp³-hybridized carbons (Fsp3) is 0.500. The van der Waals surface area contributed by atoms with Crippen LogP contribution in [0.25, 0.3) is 0 Å². The second-order valence-corrected chi connectivity index (χ2v) is 5.11. The van der Waals surface area contributed by atoms with Gasteiger partial charge >= 0.3 is 0 Å². The minimum atomic E-state index is -0.464. The Morgan fingerprint density at radius 3 is 1.64 bits per heavy atom. The molecule has 2 amide bonds. The lowest BCUT2D eigenvalue weighted by molar-refractivity contribution is 0.0950. The number of unbranched alkanes of at least 4 members (excludes halogenated alkanes) is 2. The van der Waals surface area contributed by atoms with E-state index < -0.39 is 11.8 Å². The third-order valence-electron chi connectivity index (χ3n) is 3.24. The lowest BCUT2D eigenvalue weighted by Gasteiger charge is -2.11. The molecule has 1 aromatic rings. The molecule has 0 bridgehead atoms. The van der Waals surface area contributed by atoms with E-state index in [1.807, 2.05) is 13.8 Å². The SMILES string of the molecule is CCCCNC(=O)c1cc(C(=O)NCCCC)c(O)cc1O. The normalized spacial score (nSPS) is 10.3. The number of rotatable bonds is 8. The molecule has 122 valence electrons. The smallest absolute Gasteiger partial charge is 0.255 e. The van der Waals surface area contributed by atoms with Gasteiger partial charge < -0.3 is 20.8 Å². The van der Waals surface area contributed by atoms with Crippen LogP contribution in [0.4, 0.5) is 0 Å². The molecule has 4 N–H and O–H groups in total. The number of phenolic OH excluding ortho intramolecular Hbond substituents is 2. The van der Waals surface area contributed by atoms with Crippen LogP contribution in [-0.2, 0) is 0 Å². The second-order valence-electron chi connectivity index (χ2n) is 5.11. The van der Waals surface area contributed by atoms with E-state index >= 15 is 0 Å². The number of amides is 2. The van der Waals surface area contributed by atoms with Gasteiger partial charge in [0.2, 0.25) is 0 Å². The largest absolute Gasteiger partial charge is 0.507 e. The number of nitrogens with one attached hydrogen (secondary N) is 2. The quantitative estimate of drug-likeness (QED) is 0.553. The minimum absolute atomic E-state index is 0.0189. The fourth-order valence-electron chi connectivity index (χ4n) is 1.89. The molecule has 0 aliphatic rings. The number of phenols is 2. The fourth-order valence-corrected chi connectivity index (χ4v) is 1.89. The lowest BCUT2D eigenvalue weighted by Crippen LogP contribution is -2.27. The monoisotopic (exact) mass is 308 g/mol. The molecule has 6 heteroatoms. The maximum Gasteiger partial charge on any atom is 0.255 e. The highest BCUT2D eigenvalue weighted by Gasteiger charge is 2.18. The Kier molecular flexibility index (Phi) is 7.22. The van der Waals surface area contributed by atoms with Crippen LogP contribution in [0.3, 0.4) is 0 Å². The Balaban J connectivity index is 2.89. The van der Waals surface area contributed by atoms with Crippen molar-refractivity contribution in [3.8, 4) is 11.5 Å². The third-order valence-corrected chi connectivity index (χ3v) is 3.24. The molecular weight excluding hydrogens is 284 g/mol. The van der Waals surface area contributed by atoms with Gasteiger partial charge in [0.1, 0.15) is 11.5 Å². The van der Waals surface area contributed by atoms with Crippen molar-refractivity contribution in [2.75, 3.05) is 13.1 Å². The molecule has 0 atom stereocenters. The van der Waals surface area contributed by atoms with Crippen molar-refractivity contribution < 1.29 is 19.8 Å². The average Bonchev–Trinajstić information content (AvgIpc) is 2.47. The van der Waals surface area contributed by atoms with E-state index in [1.165, 1.54) is 6.07 Å². The first kappa shape index (κ1) is 17.8. The molecule has 1 aromatic carbocycles. The van der Waals surface area contributed by atoms with Crippen molar-refractivity contribution in [1.82, 2.24) is 10.6 Å². The highest BCUT2D eigenvalue weighted by atomic mass is 16.3. The summed E-state index contributed by atoms with van der Waals surface area (Å²) in [6.07, 6.45) is 3.53. The summed E-state index contributed by atoms with van der Waals surface area (Å²) in [7, 11) is 0. The molecule has 0 saturated carbocycles. The van der Waals surface area contributed by atoms with E-state index in [0.29, 0.717) is 13.1 Å². The standard InChI is InChI=1S/C16H24N2O4/c1-3-5-7-17-15(21)11-9-12(14(20)10-13(11)19)16(22)18-8-6-4-2/h9-10,19-20H,3-8H2,1-2H3,(H,17,21)(H,18,22). The van der Waals surface area contributed by atoms with Crippen LogP contribution >= 0.6 is 0 Å². The summed E-state index contributed by atoms with van der Waals surface area (Å²) in [6.45, 7) is 4.99. The summed E-state index contributed by atoms with van der Waals surface area (Å²) in [5.74, 6) is -1.63. The molecule has 0 aliphatic heterocycles. The predicted octanol–water partition coefficient (Wildman–Crippen LogP) is 2.16. The lowest BCUT2D eigenvalue weighted by atomic mass is 10.1. The summed E-state index contributed by atoms with van der Waals surface area (Å²) >= 11 is 0. The molecule has 22 heavy (non-hydrogen) atoms. The Bertz CT molecular complexity index is 486. The van der Waals surface area contributed by atoms with Gasteiger partial charge in [-0.1, -0.05) is 26.7 Å². The molecule has 0 saturated heterocycles. The van der Waals surface area contributed by atoms with Gasteiger partial charge in [-0.05, 0) is 18.9 Å². The van der Waals surface area contributed by atoms with Gasteiger partial charge in [0.05, 0.1) is 11.1 Å². The Hall–Kier alpha value is -2.24. The molecule has 0 aromatic heterocycles. The number of benzene rings is 1. The molecule has 0 unspecified atom stereocenters. The third kappa shape index (κ3) is 4.95. The summed E-state index contributed by atoms with van der Waals surface area (Å²) in [5.41, 5.74) is -0.0379. The van der Waals surface area contributed by atoms with Crippen molar-refractivity contribution in [2.45, 2.75) is 39.5 Å². The van der Waals surface area contributed by atoms with E-state index in [4.69, 9.17) is 0 Å². The highest BCUT2D eigenvalue weighted by molar-refractivity contribution is 6.03. The molecule has 0 aliphatic carbocycles. The van der Waals surface area contributed by atoms with E-state index in [-0.39, 0.29) is 22.6 Å². The first-order valence-electron chi connectivity index (χ1n) is 7.63. The van der Waals surface area contributed by atoms with Gasteiger partial charge in [0, 0.05) is 19.2 Å². The van der Waals surface area contributed by atoms with Gasteiger partial charge in [-0.3, -0.25) is 9.59 Å².